The SMILES string of the molecule is Cn1cc(-c2cn3nccc3c(-c3cnn(C4CCC4)c3)n2)c(N)n1. The van der Waals surface area contributed by atoms with Crippen LogP contribution >= 0.6 is 0 Å². The monoisotopic (exact) mass is 334 g/mol. The Kier molecular flexibility index (Phi) is 2.94. The molecule has 0 bridgehead atoms. The largest absolute Gasteiger partial charge is 0.382 e. The van der Waals surface area contributed by atoms with Crippen molar-refractivity contribution in [3.8, 4) is 22.5 Å². The average molecular weight is 334 g/mol. The van der Waals surface area contributed by atoms with Crippen LogP contribution in [-0.4, -0.2) is 34.2 Å². The Labute approximate surface area is 143 Å². The molecule has 126 valence electrons. The van der Waals surface area contributed by atoms with Crippen LogP contribution in [-0.2, 0) is 7.05 Å². The highest BCUT2D eigenvalue weighted by Gasteiger charge is 2.21. The van der Waals surface area contributed by atoms with E-state index in [0.29, 0.717) is 11.9 Å². The zero-order valence-electron chi connectivity index (χ0n) is 13.9. The molecule has 0 aliphatic heterocycles. The third kappa shape index (κ3) is 2.21. The van der Waals surface area contributed by atoms with Crippen LogP contribution < -0.4 is 5.73 Å². The lowest BCUT2D eigenvalue weighted by atomic mass is 9.93. The topological polar surface area (TPSA) is 91.9 Å². The van der Waals surface area contributed by atoms with Crippen molar-refractivity contribution in [2.24, 2.45) is 7.05 Å². The van der Waals surface area contributed by atoms with Gasteiger partial charge in [-0.25, -0.2) is 9.50 Å². The molecule has 1 saturated carbocycles. The number of aromatic nitrogens is 7. The maximum absolute atomic E-state index is 6.03. The van der Waals surface area contributed by atoms with Crippen LogP contribution in [0.2, 0.25) is 0 Å². The second-order valence-electron chi connectivity index (χ2n) is 6.53. The number of hydrogen-bond acceptors (Lipinski definition) is 5. The van der Waals surface area contributed by atoms with Gasteiger partial charge in [-0.2, -0.15) is 15.3 Å². The summed E-state index contributed by atoms with van der Waals surface area (Å²) >= 11 is 0. The summed E-state index contributed by atoms with van der Waals surface area (Å²) in [5, 5.41) is 13.1. The van der Waals surface area contributed by atoms with E-state index < -0.39 is 0 Å². The summed E-state index contributed by atoms with van der Waals surface area (Å²) in [4.78, 5) is 4.86. The quantitative estimate of drug-likeness (QED) is 0.620. The Morgan fingerprint density at radius 2 is 2.04 bits per heavy atom. The minimum atomic E-state index is 0.456. The van der Waals surface area contributed by atoms with E-state index in [0.717, 1.165) is 28.0 Å². The molecule has 8 heteroatoms. The molecule has 0 aromatic carbocycles. The minimum Gasteiger partial charge on any atom is -0.382 e. The van der Waals surface area contributed by atoms with Gasteiger partial charge in [0, 0.05) is 25.0 Å². The van der Waals surface area contributed by atoms with Crippen LogP contribution in [0.25, 0.3) is 28.0 Å². The average Bonchev–Trinajstić information content (AvgIpc) is 3.24. The molecular weight excluding hydrogens is 316 g/mol. The van der Waals surface area contributed by atoms with Gasteiger partial charge in [-0.05, 0) is 25.3 Å². The van der Waals surface area contributed by atoms with Gasteiger partial charge in [-0.15, -0.1) is 0 Å². The highest BCUT2D eigenvalue weighted by Crippen LogP contribution is 2.33. The first kappa shape index (κ1) is 14.2. The maximum atomic E-state index is 6.03. The van der Waals surface area contributed by atoms with Crippen LogP contribution in [0.15, 0.2) is 37.1 Å². The molecule has 0 spiro atoms. The van der Waals surface area contributed by atoms with Crippen molar-refractivity contribution in [1.82, 2.24) is 34.2 Å². The van der Waals surface area contributed by atoms with Crippen molar-refractivity contribution in [3.63, 3.8) is 0 Å². The van der Waals surface area contributed by atoms with Crippen molar-refractivity contribution in [2.75, 3.05) is 5.73 Å². The normalized spacial score (nSPS) is 14.9. The summed E-state index contributed by atoms with van der Waals surface area (Å²) < 4.78 is 5.57. The van der Waals surface area contributed by atoms with Crippen molar-refractivity contribution < 1.29 is 0 Å². The number of anilines is 1. The van der Waals surface area contributed by atoms with Gasteiger partial charge in [-0.1, -0.05) is 0 Å². The molecule has 1 fully saturated rings. The lowest BCUT2D eigenvalue weighted by Crippen LogP contribution is -2.16. The molecule has 4 aromatic heterocycles. The fourth-order valence-electron chi connectivity index (χ4n) is 3.28. The maximum Gasteiger partial charge on any atom is 0.154 e. The van der Waals surface area contributed by atoms with Crippen molar-refractivity contribution >= 4 is 11.3 Å². The predicted octanol–water partition coefficient (Wildman–Crippen LogP) is 2.30. The highest BCUT2D eigenvalue weighted by atomic mass is 15.3. The Morgan fingerprint density at radius 3 is 2.76 bits per heavy atom. The fourth-order valence-corrected chi connectivity index (χ4v) is 3.28. The number of hydrogen-bond donors (Lipinski definition) is 1. The molecule has 0 unspecified atom stereocenters. The van der Waals surface area contributed by atoms with E-state index in [4.69, 9.17) is 10.7 Å². The number of aryl methyl sites for hydroxylation is 1. The molecule has 0 atom stereocenters. The van der Waals surface area contributed by atoms with Crippen molar-refractivity contribution in [3.05, 3.63) is 37.1 Å². The van der Waals surface area contributed by atoms with E-state index >= 15 is 0 Å². The smallest absolute Gasteiger partial charge is 0.154 e. The summed E-state index contributed by atoms with van der Waals surface area (Å²) in [6, 6.07) is 2.48. The van der Waals surface area contributed by atoms with Crippen LogP contribution in [0.4, 0.5) is 5.82 Å². The molecule has 25 heavy (non-hydrogen) atoms. The minimum absolute atomic E-state index is 0.456. The van der Waals surface area contributed by atoms with E-state index in [2.05, 4.69) is 26.2 Å². The van der Waals surface area contributed by atoms with E-state index in [1.165, 1.54) is 19.3 Å². The molecule has 2 N–H and O–H groups in total. The van der Waals surface area contributed by atoms with Crippen LogP contribution in [0, 0.1) is 0 Å². The van der Waals surface area contributed by atoms with E-state index in [-0.39, 0.29) is 0 Å². The lowest BCUT2D eigenvalue weighted by molar-refractivity contribution is 0.289. The van der Waals surface area contributed by atoms with Gasteiger partial charge in [0.05, 0.1) is 47.1 Å². The molecule has 4 heterocycles. The Morgan fingerprint density at radius 1 is 1.16 bits per heavy atom. The molecule has 5 rings (SSSR count). The van der Waals surface area contributed by atoms with Gasteiger partial charge in [0.2, 0.25) is 0 Å². The van der Waals surface area contributed by atoms with Crippen LogP contribution in [0.3, 0.4) is 0 Å². The summed E-state index contributed by atoms with van der Waals surface area (Å²) in [7, 11) is 1.84. The Hall–Kier alpha value is -3.16. The molecule has 0 radical (unpaired) electrons. The summed E-state index contributed by atoms with van der Waals surface area (Å²) in [5.74, 6) is 0.456. The first-order valence-electron chi connectivity index (χ1n) is 8.37. The van der Waals surface area contributed by atoms with E-state index in [1.807, 2.05) is 36.2 Å². The number of rotatable bonds is 3. The van der Waals surface area contributed by atoms with Gasteiger partial charge >= 0.3 is 0 Å². The zero-order chi connectivity index (χ0) is 17.0. The fraction of sp³-hybridized carbons (Fsp3) is 0.294. The van der Waals surface area contributed by atoms with E-state index in [1.54, 1.807) is 10.9 Å². The number of nitrogens with two attached hydrogens (primary N) is 1. The number of fused-ring (bicyclic) bond motifs is 1. The number of nitrogen functional groups attached to an aromatic ring is 1. The first-order chi connectivity index (χ1) is 12.2. The van der Waals surface area contributed by atoms with Crippen LogP contribution in [0.1, 0.15) is 25.3 Å². The van der Waals surface area contributed by atoms with Gasteiger partial charge in [-0.3, -0.25) is 9.36 Å². The van der Waals surface area contributed by atoms with E-state index in [9.17, 15) is 0 Å². The molecule has 0 saturated heterocycles. The van der Waals surface area contributed by atoms with Gasteiger partial charge in [0.1, 0.15) is 0 Å². The molecular formula is C17H18N8. The van der Waals surface area contributed by atoms with Gasteiger partial charge in [0.15, 0.2) is 5.82 Å². The van der Waals surface area contributed by atoms with Crippen LogP contribution in [0.5, 0.6) is 0 Å². The van der Waals surface area contributed by atoms with Gasteiger partial charge in [0.25, 0.3) is 0 Å². The molecule has 4 aromatic rings. The highest BCUT2D eigenvalue weighted by molar-refractivity contribution is 5.80. The van der Waals surface area contributed by atoms with Crippen molar-refractivity contribution in [1.29, 1.82) is 0 Å². The third-order valence-corrected chi connectivity index (χ3v) is 4.85. The summed E-state index contributed by atoms with van der Waals surface area (Å²) in [6.45, 7) is 0. The summed E-state index contributed by atoms with van der Waals surface area (Å²) in [6.07, 6.45) is 13.1. The number of nitrogens with zero attached hydrogens (tertiary/aromatic N) is 7. The van der Waals surface area contributed by atoms with Crippen molar-refractivity contribution in [2.45, 2.75) is 25.3 Å². The standard InChI is InChI=1S/C17H18N8/c1-23-9-13(17(18)22-23)14-10-25-15(5-6-19-25)16(21-14)11-7-20-24(8-11)12-3-2-4-12/h5-10,12H,2-4H2,1H3,(H2,18,22). The van der Waals surface area contributed by atoms with Gasteiger partial charge < -0.3 is 5.73 Å². The zero-order valence-corrected chi connectivity index (χ0v) is 13.9. The Balaban J connectivity index is 1.67. The molecule has 1 aliphatic rings. The molecule has 8 nitrogen and oxygen atoms in total. The second-order valence-corrected chi connectivity index (χ2v) is 6.53. The first-order valence-corrected chi connectivity index (χ1v) is 8.37. The Bertz CT molecular complexity index is 1070. The third-order valence-electron chi connectivity index (χ3n) is 4.85. The second kappa shape index (κ2) is 5.17. The lowest BCUT2D eigenvalue weighted by Gasteiger charge is -2.25. The summed E-state index contributed by atoms with van der Waals surface area (Å²) in [5.41, 5.74) is 10.4. The predicted molar refractivity (Wildman–Crippen MR) is 93.7 cm³/mol. The molecule has 0 amide bonds. The molecule has 1 aliphatic carbocycles.